The SMILES string of the molecule is CC1Cc2cccc3c2C(C)(C1)c1sc(-c2cccc(N(c4ccc5c(c4)C(C)(C)c4ccccc4-5)c4ccc5c(c4)oc4ccccc45)c2)nc1-3. The van der Waals surface area contributed by atoms with Gasteiger partial charge in [0, 0.05) is 60.7 Å². The van der Waals surface area contributed by atoms with Crippen molar-refractivity contribution in [2.75, 3.05) is 4.90 Å². The molecule has 2 aromatic heterocycles. The van der Waals surface area contributed by atoms with Gasteiger partial charge in [-0.3, -0.25) is 0 Å². The number of para-hydroxylation sites is 1. The lowest BCUT2D eigenvalue weighted by atomic mass is 9.69. The van der Waals surface area contributed by atoms with E-state index in [1.54, 1.807) is 0 Å². The van der Waals surface area contributed by atoms with E-state index in [0.717, 1.165) is 56.0 Å². The first-order valence-corrected chi connectivity index (χ1v) is 19.3. The normalized spacial score (nSPS) is 19.0. The maximum atomic E-state index is 6.44. The van der Waals surface area contributed by atoms with E-state index in [4.69, 9.17) is 9.40 Å². The third-order valence-electron chi connectivity index (χ3n) is 12.2. The molecule has 0 fully saturated rings. The predicted octanol–water partition coefficient (Wildman–Crippen LogP) is 13.4. The van der Waals surface area contributed by atoms with Crippen LogP contribution in [-0.4, -0.2) is 4.98 Å². The second-order valence-corrected chi connectivity index (χ2v) is 16.9. The van der Waals surface area contributed by atoms with Gasteiger partial charge >= 0.3 is 0 Å². The first-order chi connectivity index (χ1) is 25.3. The summed E-state index contributed by atoms with van der Waals surface area (Å²) in [6.07, 6.45) is 2.33. The first-order valence-electron chi connectivity index (χ1n) is 18.5. The molecule has 11 rings (SSSR count). The minimum absolute atomic E-state index is 0.0231. The largest absolute Gasteiger partial charge is 0.456 e. The summed E-state index contributed by atoms with van der Waals surface area (Å²) in [5.74, 6) is 0.648. The molecule has 0 saturated heterocycles. The fourth-order valence-corrected chi connectivity index (χ4v) is 11.2. The van der Waals surface area contributed by atoms with Crippen molar-refractivity contribution in [3.63, 3.8) is 0 Å². The van der Waals surface area contributed by atoms with Crippen LogP contribution in [0.3, 0.4) is 0 Å². The Labute approximate surface area is 308 Å². The predicted molar refractivity (Wildman–Crippen MR) is 216 cm³/mol. The van der Waals surface area contributed by atoms with Crippen LogP contribution in [0.1, 0.15) is 61.2 Å². The van der Waals surface area contributed by atoms with Crippen LogP contribution in [0.15, 0.2) is 132 Å². The van der Waals surface area contributed by atoms with E-state index in [1.165, 1.54) is 55.9 Å². The summed E-state index contributed by atoms with van der Waals surface area (Å²) in [6.45, 7) is 9.56. The van der Waals surface area contributed by atoms with E-state index >= 15 is 0 Å². The molecular formula is C48H38N2OS. The number of hydrogen-bond donors (Lipinski definition) is 0. The molecule has 52 heavy (non-hydrogen) atoms. The topological polar surface area (TPSA) is 29.3 Å². The molecular weight excluding hydrogens is 653 g/mol. The van der Waals surface area contributed by atoms with Gasteiger partial charge in [0.25, 0.3) is 0 Å². The summed E-state index contributed by atoms with van der Waals surface area (Å²) < 4.78 is 6.44. The molecule has 2 unspecified atom stereocenters. The lowest BCUT2D eigenvalue weighted by molar-refractivity contribution is 0.383. The van der Waals surface area contributed by atoms with Crippen molar-refractivity contribution in [3.05, 3.63) is 155 Å². The zero-order valence-electron chi connectivity index (χ0n) is 29.8. The Hall–Kier alpha value is -5.45. The number of anilines is 3. The van der Waals surface area contributed by atoms with Gasteiger partial charge < -0.3 is 9.32 Å². The molecule has 0 amide bonds. The third-order valence-corrected chi connectivity index (χ3v) is 13.6. The number of thiazole rings is 1. The standard InChI is InChI=1S/C48H38N2OS/c1-28-23-29-11-10-16-38-43(29)48(4,27-28)45-44(38)49-46(52-45)30-12-9-13-31(24-30)50(33-20-22-37-36-15-6-8-18-41(36)51-42(37)26-33)32-19-21-35-34-14-5-7-17-39(34)47(2,3)40(35)25-32/h5-22,24-26,28H,23,27H2,1-4H3. The van der Waals surface area contributed by atoms with Gasteiger partial charge in [-0.1, -0.05) is 107 Å². The molecule has 0 spiro atoms. The van der Waals surface area contributed by atoms with E-state index in [-0.39, 0.29) is 10.8 Å². The Kier molecular flexibility index (Phi) is 6.13. The van der Waals surface area contributed by atoms with Gasteiger partial charge in [-0.25, -0.2) is 4.98 Å². The molecule has 2 heterocycles. The molecule has 252 valence electrons. The molecule has 3 aliphatic carbocycles. The van der Waals surface area contributed by atoms with Gasteiger partial charge in [0.15, 0.2) is 0 Å². The summed E-state index contributed by atoms with van der Waals surface area (Å²) in [6, 6.07) is 46.6. The first kappa shape index (κ1) is 30.2. The van der Waals surface area contributed by atoms with Crippen LogP contribution in [0, 0.1) is 5.92 Å². The molecule has 0 bridgehead atoms. The Morgan fingerprint density at radius 3 is 2.33 bits per heavy atom. The molecule has 0 N–H and O–H groups in total. The minimum Gasteiger partial charge on any atom is -0.456 e. The van der Waals surface area contributed by atoms with Crippen LogP contribution in [0.2, 0.25) is 0 Å². The second kappa shape index (κ2) is 10.6. The number of aromatic nitrogens is 1. The second-order valence-electron chi connectivity index (χ2n) is 15.9. The third kappa shape index (κ3) is 4.10. The zero-order valence-corrected chi connectivity index (χ0v) is 30.6. The van der Waals surface area contributed by atoms with E-state index in [9.17, 15) is 0 Å². The van der Waals surface area contributed by atoms with Gasteiger partial charge in [0.2, 0.25) is 0 Å². The number of furan rings is 1. The van der Waals surface area contributed by atoms with E-state index in [2.05, 4.69) is 154 Å². The van der Waals surface area contributed by atoms with Gasteiger partial charge in [0.05, 0.1) is 5.69 Å². The molecule has 0 aliphatic heterocycles. The summed E-state index contributed by atoms with van der Waals surface area (Å²) >= 11 is 1.89. The number of nitrogens with zero attached hydrogens (tertiary/aromatic N) is 2. The van der Waals surface area contributed by atoms with Gasteiger partial charge in [-0.15, -0.1) is 11.3 Å². The summed E-state index contributed by atoms with van der Waals surface area (Å²) in [7, 11) is 0. The number of hydrogen-bond acceptors (Lipinski definition) is 4. The maximum absolute atomic E-state index is 6.44. The lowest BCUT2D eigenvalue weighted by Gasteiger charge is -2.36. The van der Waals surface area contributed by atoms with Gasteiger partial charge in [-0.2, -0.15) is 0 Å². The van der Waals surface area contributed by atoms with Gasteiger partial charge in [0.1, 0.15) is 16.2 Å². The van der Waals surface area contributed by atoms with Crippen molar-refractivity contribution in [1.82, 2.24) is 4.98 Å². The Bertz CT molecular complexity index is 2780. The average Bonchev–Trinajstić information content (AvgIpc) is 3.88. The monoisotopic (exact) mass is 690 g/mol. The fraction of sp³-hybridized carbons (Fsp3) is 0.188. The Balaban J connectivity index is 1.08. The molecule has 4 heteroatoms. The van der Waals surface area contributed by atoms with Crippen molar-refractivity contribution in [2.45, 2.75) is 51.4 Å². The van der Waals surface area contributed by atoms with Crippen molar-refractivity contribution in [1.29, 1.82) is 0 Å². The highest BCUT2D eigenvalue weighted by Crippen LogP contribution is 2.58. The number of rotatable bonds is 4. The summed E-state index contributed by atoms with van der Waals surface area (Å²) in [5, 5.41) is 3.35. The van der Waals surface area contributed by atoms with Crippen LogP contribution < -0.4 is 4.90 Å². The van der Waals surface area contributed by atoms with Crippen LogP contribution in [-0.2, 0) is 17.3 Å². The molecule has 0 radical (unpaired) electrons. The Morgan fingerprint density at radius 1 is 0.673 bits per heavy atom. The highest BCUT2D eigenvalue weighted by Gasteiger charge is 2.47. The smallest absolute Gasteiger partial charge is 0.137 e. The van der Waals surface area contributed by atoms with E-state index in [0.29, 0.717) is 5.92 Å². The maximum Gasteiger partial charge on any atom is 0.137 e. The van der Waals surface area contributed by atoms with Crippen LogP contribution >= 0.6 is 11.3 Å². The Morgan fingerprint density at radius 2 is 1.40 bits per heavy atom. The molecule has 6 aromatic carbocycles. The van der Waals surface area contributed by atoms with Crippen LogP contribution in [0.4, 0.5) is 17.1 Å². The fourth-order valence-electron chi connectivity index (χ4n) is 9.98. The summed E-state index contributed by atoms with van der Waals surface area (Å²) in [4.78, 5) is 9.24. The highest BCUT2D eigenvalue weighted by molar-refractivity contribution is 7.15. The zero-order chi connectivity index (χ0) is 34.9. The van der Waals surface area contributed by atoms with Crippen molar-refractivity contribution in [3.8, 4) is 33.0 Å². The van der Waals surface area contributed by atoms with E-state index in [1.807, 2.05) is 17.4 Å². The van der Waals surface area contributed by atoms with Crippen LogP contribution in [0.5, 0.6) is 0 Å². The molecule has 0 saturated carbocycles. The van der Waals surface area contributed by atoms with Crippen molar-refractivity contribution < 1.29 is 4.42 Å². The minimum atomic E-state index is -0.109. The van der Waals surface area contributed by atoms with Crippen LogP contribution in [0.25, 0.3) is 54.9 Å². The molecule has 3 aliphatic rings. The van der Waals surface area contributed by atoms with Crippen molar-refractivity contribution >= 4 is 50.3 Å². The van der Waals surface area contributed by atoms with Gasteiger partial charge in [-0.05, 0) is 94.6 Å². The number of fused-ring (bicyclic) bond motifs is 9. The lowest BCUT2D eigenvalue weighted by Crippen LogP contribution is -2.29. The molecule has 3 nitrogen and oxygen atoms in total. The quantitative estimate of drug-likeness (QED) is 0.184. The molecule has 2 atom stereocenters. The summed E-state index contributed by atoms with van der Waals surface area (Å²) in [5.41, 5.74) is 17.1. The average molecular weight is 691 g/mol. The van der Waals surface area contributed by atoms with E-state index < -0.39 is 0 Å². The number of benzene rings is 6. The van der Waals surface area contributed by atoms with Crippen molar-refractivity contribution in [2.24, 2.45) is 5.92 Å². The molecule has 8 aromatic rings. The highest BCUT2D eigenvalue weighted by atomic mass is 32.1.